The topological polar surface area (TPSA) is 75.3 Å². The first-order valence-electron chi connectivity index (χ1n) is 10.6. The fourth-order valence-corrected chi connectivity index (χ4v) is 5.37. The van der Waals surface area contributed by atoms with E-state index in [9.17, 15) is 8.42 Å². The van der Waals surface area contributed by atoms with E-state index >= 15 is 0 Å². The van der Waals surface area contributed by atoms with Crippen LogP contribution in [0.2, 0.25) is 0 Å². The largest absolute Gasteiger partial charge is 0.496 e. The van der Waals surface area contributed by atoms with Crippen LogP contribution in [-0.4, -0.2) is 50.0 Å². The van der Waals surface area contributed by atoms with E-state index in [1.54, 1.807) is 7.11 Å². The summed E-state index contributed by atoms with van der Waals surface area (Å²) in [6, 6.07) is 16.6. The molecule has 2 aromatic carbocycles. The molecule has 0 saturated carbocycles. The van der Waals surface area contributed by atoms with Gasteiger partial charge in [0.2, 0.25) is 0 Å². The smallest absolute Gasteiger partial charge is 0.178 e. The van der Waals surface area contributed by atoms with E-state index < -0.39 is 9.84 Å². The van der Waals surface area contributed by atoms with Gasteiger partial charge in [0, 0.05) is 24.9 Å². The molecule has 3 aromatic rings. The summed E-state index contributed by atoms with van der Waals surface area (Å²) in [7, 11) is -1.56. The zero-order valence-corrected chi connectivity index (χ0v) is 18.9. The summed E-state index contributed by atoms with van der Waals surface area (Å²) in [6.07, 6.45) is 5.56. The van der Waals surface area contributed by atoms with Crippen molar-refractivity contribution >= 4 is 9.84 Å². The maximum Gasteiger partial charge on any atom is 0.178 e. The Kier molecular flexibility index (Phi) is 6.43. The van der Waals surface area contributed by atoms with Crippen LogP contribution in [0.15, 0.2) is 59.6 Å². The van der Waals surface area contributed by atoms with Crippen LogP contribution in [0.1, 0.15) is 24.1 Å². The molecule has 0 amide bonds. The van der Waals surface area contributed by atoms with Gasteiger partial charge < -0.3 is 4.74 Å². The third kappa shape index (κ3) is 4.99. The fourth-order valence-electron chi connectivity index (χ4n) is 4.55. The summed E-state index contributed by atoms with van der Waals surface area (Å²) < 4.78 is 29.6. The molecule has 2 heterocycles. The minimum Gasteiger partial charge on any atom is -0.496 e. The van der Waals surface area contributed by atoms with Gasteiger partial charge in [-0.3, -0.25) is 10.00 Å². The Hall–Kier alpha value is -2.64. The van der Waals surface area contributed by atoms with Crippen molar-refractivity contribution in [3.05, 3.63) is 66.0 Å². The third-order valence-corrected chi connectivity index (χ3v) is 7.13. The van der Waals surface area contributed by atoms with Gasteiger partial charge in [-0.15, -0.1) is 0 Å². The molecule has 31 heavy (non-hydrogen) atoms. The lowest BCUT2D eigenvalue weighted by atomic mass is 9.92. The zero-order chi connectivity index (χ0) is 21.8. The number of ether oxygens (including phenoxy) is 1. The van der Waals surface area contributed by atoms with Gasteiger partial charge >= 0.3 is 0 Å². The number of nitrogens with zero attached hydrogens (tertiary/aromatic N) is 2. The Bertz CT molecular complexity index is 1140. The quantitative estimate of drug-likeness (QED) is 0.603. The summed E-state index contributed by atoms with van der Waals surface area (Å²) in [5.74, 6) is 1.27. The molecular weight excluding hydrogens is 410 g/mol. The van der Waals surface area contributed by atoms with E-state index in [1.807, 2.05) is 18.2 Å². The number of para-hydroxylation sites is 1. The molecule has 6 nitrogen and oxygen atoms in total. The molecule has 4 rings (SSSR count). The summed E-state index contributed by atoms with van der Waals surface area (Å²) in [5, 5.41) is 6.88. The van der Waals surface area contributed by atoms with Crippen molar-refractivity contribution in [2.24, 2.45) is 5.92 Å². The molecule has 0 spiro atoms. The molecule has 1 aliphatic heterocycles. The summed E-state index contributed by atoms with van der Waals surface area (Å²) in [5.41, 5.74) is 4.29. The minimum absolute atomic E-state index is 0.325. The van der Waals surface area contributed by atoms with E-state index in [0.717, 1.165) is 49.5 Å². The van der Waals surface area contributed by atoms with Gasteiger partial charge in [0.15, 0.2) is 9.84 Å². The molecule has 1 aromatic heterocycles. The van der Waals surface area contributed by atoms with Crippen molar-refractivity contribution < 1.29 is 13.2 Å². The second-order valence-electron chi connectivity index (χ2n) is 8.29. The van der Waals surface area contributed by atoms with Crippen LogP contribution in [0.5, 0.6) is 5.75 Å². The highest BCUT2D eigenvalue weighted by atomic mass is 32.2. The van der Waals surface area contributed by atoms with Gasteiger partial charge in [-0.1, -0.05) is 42.5 Å². The Balaban J connectivity index is 1.51. The van der Waals surface area contributed by atoms with Crippen LogP contribution in [0.3, 0.4) is 0 Å². The molecule has 0 bridgehead atoms. The standard InChI is InChI=1S/C24H29N3O3S/c1-30-23-12-6-5-11-21(23)20-10-4-3-9-19(20)17-27-13-7-8-18(16-27)14-22-24(15-25-26-22)31(2,28)29/h3-6,9-12,15,18H,7-8,13-14,16-17H2,1-2H3,(H,25,26)/t18-/m0/s1. The van der Waals surface area contributed by atoms with E-state index in [4.69, 9.17) is 4.74 Å². The molecule has 1 fully saturated rings. The maximum absolute atomic E-state index is 12.0. The highest BCUT2D eigenvalue weighted by Crippen LogP contribution is 2.33. The monoisotopic (exact) mass is 439 g/mol. The maximum atomic E-state index is 12.0. The van der Waals surface area contributed by atoms with Crippen molar-refractivity contribution in [3.8, 4) is 16.9 Å². The SMILES string of the molecule is COc1ccccc1-c1ccccc1CN1CCC[C@@H](Cc2[nH]ncc2S(C)(=O)=O)C1. The number of rotatable bonds is 7. The highest BCUT2D eigenvalue weighted by Gasteiger charge is 2.24. The highest BCUT2D eigenvalue weighted by molar-refractivity contribution is 7.90. The van der Waals surface area contributed by atoms with Crippen molar-refractivity contribution in [3.63, 3.8) is 0 Å². The van der Waals surface area contributed by atoms with Crippen LogP contribution in [0.4, 0.5) is 0 Å². The Morgan fingerprint density at radius 2 is 1.87 bits per heavy atom. The molecule has 0 aliphatic carbocycles. The number of sulfone groups is 1. The number of benzene rings is 2. The first-order chi connectivity index (χ1) is 15.0. The van der Waals surface area contributed by atoms with E-state index in [0.29, 0.717) is 17.2 Å². The second kappa shape index (κ2) is 9.24. The Morgan fingerprint density at radius 1 is 1.13 bits per heavy atom. The number of hydrogen-bond acceptors (Lipinski definition) is 5. The number of hydrogen-bond donors (Lipinski definition) is 1. The lowest BCUT2D eigenvalue weighted by molar-refractivity contribution is 0.166. The lowest BCUT2D eigenvalue weighted by Gasteiger charge is -2.33. The van der Waals surface area contributed by atoms with Crippen molar-refractivity contribution in [2.75, 3.05) is 26.5 Å². The normalized spacial score (nSPS) is 17.5. The van der Waals surface area contributed by atoms with Gasteiger partial charge in [-0.2, -0.15) is 5.10 Å². The number of aromatic amines is 1. The second-order valence-corrected chi connectivity index (χ2v) is 10.3. The van der Waals surface area contributed by atoms with Crippen LogP contribution >= 0.6 is 0 Å². The molecule has 0 radical (unpaired) electrons. The van der Waals surface area contributed by atoms with Crippen LogP contribution in [0, 0.1) is 5.92 Å². The van der Waals surface area contributed by atoms with Crippen LogP contribution < -0.4 is 4.74 Å². The molecule has 0 unspecified atom stereocenters. The predicted molar refractivity (Wildman–Crippen MR) is 122 cm³/mol. The molecule has 1 atom stereocenters. The summed E-state index contributed by atoms with van der Waals surface area (Å²) in [6.45, 7) is 2.83. The third-order valence-electron chi connectivity index (χ3n) is 5.98. The Labute approximate surface area is 184 Å². The number of H-pyrrole nitrogens is 1. The number of methoxy groups -OCH3 is 1. The molecule has 1 N–H and O–H groups in total. The average Bonchev–Trinajstić information content (AvgIpc) is 3.23. The van der Waals surface area contributed by atoms with Gasteiger partial charge in [0.05, 0.1) is 19.0 Å². The number of nitrogens with one attached hydrogen (secondary N) is 1. The predicted octanol–water partition coefficient (Wildman–Crippen LogP) is 3.94. The van der Waals surface area contributed by atoms with E-state index in [-0.39, 0.29) is 0 Å². The van der Waals surface area contributed by atoms with Crippen molar-refractivity contribution in [2.45, 2.75) is 30.7 Å². The Morgan fingerprint density at radius 3 is 2.65 bits per heavy atom. The lowest BCUT2D eigenvalue weighted by Crippen LogP contribution is -2.36. The molecule has 1 saturated heterocycles. The van der Waals surface area contributed by atoms with Crippen molar-refractivity contribution in [1.29, 1.82) is 0 Å². The van der Waals surface area contributed by atoms with Gasteiger partial charge in [-0.05, 0) is 48.9 Å². The first-order valence-corrected chi connectivity index (χ1v) is 12.5. The average molecular weight is 440 g/mol. The molecule has 7 heteroatoms. The van der Waals surface area contributed by atoms with E-state index in [1.165, 1.54) is 23.6 Å². The zero-order valence-electron chi connectivity index (χ0n) is 18.0. The van der Waals surface area contributed by atoms with Gasteiger partial charge in [0.1, 0.15) is 10.6 Å². The number of piperidine rings is 1. The minimum atomic E-state index is -3.27. The van der Waals surface area contributed by atoms with Gasteiger partial charge in [-0.25, -0.2) is 8.42 Å². The summed E-state index contributed by atoms with van der Waals surface area (Å²) in [4.78, 5) is 2.80. The number of likely N-dealkylation sites (tertiary alicyclic amines) is 1. The van der Waals surface area contributed by atoms with Crippen molar-refractivity contribution in [1.82, 2.24) is 15.1 Å². The molecular formula is C24H29N3O3S. The fraction of sp³-hybridized carbons (Fsp3) is 0.375. The molecule has 164 valence electrons. The molecule has 1 aliphatic rings. The number of aromatic nitrogens is 2. The van der Waals surface area contributed by atoms with Crippen LogP contribution in [0.25, 0.3) is 11.1 Å². The summed E-state index contributed by atoms with van der Waals surface area (Å²) >= 11 is 0. The first kappa shape index (κ1) is 21.6. The van der Waals surface area contributed by atoms with E-state index in [2.05, 4.69) is 45.4 Å². The van der Waals surface area contributed by atoms with Gasteiger partial charge in [0.25, 0.3) is 0 Å². The van der Waals surface area contributed by atoms with Crippen LogP contribution in [-0.2, 0) is 22.8 Å².